The van der Waals surface area contributed by atoms with Gasteiger partial charge >= 0.3 is 0 Å². The fourth-order valence-electron chi connectivity index (χ4n) is 2.05. The van der Waals surface area contributed by atoms with E-state index in [-0.39, 0.29) is 12.2 Å². The summed E-state index contributed by atoms with van der Waals surface area (Å²) in [5, 5.41) is 2.27. The van der Waals surface area contributed by atoms with Crippen LogP contribution < -0.4 is 4.74 Å². The standard InChI is InChI=1S/C16H17ClO3/c17-8-13(18-10-14-11-19-14)9-20-16-7-3-5-12-4-1-2-6-15(12)16/h1-7,13-14H,8-11H2. The highest BCUT2D eigenvalue weighted by Gasteiger charge is 2.24. The first-order valence-electron chi connectivity index (χ1n) is 6.76. The molecule has 106 valence electrons. The molecule has 2 aromatic rings. The highest BCUT2D eigenvalue weighted by atomic mass is 35.5. The van der Waals surface area contributed by atoms with Crippen LogP contribution >= 0.6 is 11.6 Å². The maximum absolute atomic E-state index is 5.91. The Labute approximate surface area is 123 Å². The Morgan fingerprint density at radius 2 is 2.00 bits per heavy atom. The van der Waals surface area contributed by atoms with Crippen molar-refractivity contribution in [1.29, 1.82) is 0 Å². The molecule has 1 aliphatic heterocycles. The summed E-state index contributed by atoms with van der Waals surface area (Å²) in [7, 11) is 0. The van der Waals surface area contributed by atoms with Crippen molar-refractivity contribution in [2.75, 3.05) is 25.7 Å². The third-order valence-corrected chi connectivity index (χ3v) is 3.61. The van der Waals surface area contributed by atoms with Gasteiger partial charge in [-0.05, 0) is 11.5 Å². The molecule has 2 aromatic carbocycles. The monoisotopic (exact) mass is 292 g/mol. The van der Waals surface area contributed by atoms with Gasteiger partial charge in [0, 0.05) is 5.39 Å². The van der Waals surface area contributed by atoms with Crippen molar-refractivity contribution in [2.45, 2.75) is 12.2 Å². The molecule has 0 aromatic heterocycles. The van der Waals surface area contributed by atoms with Crippen molar-refractivity contribution >= 4 is 22.4 Å². The predicted molar refractivity (Wildman–Crippen MR) is 79.6 cm³/mol. The summed E-state index contributed by atoms with van der Waals surface area (Å²) in [5.41, 5.74) is 0. The van der Waals surface area contributed by atoms with Gasteiger partial charge in [-0.15, -0.1) is 11.6 Å². The molecule has 0 spiro atoms. The molecule has 4 heteroatoms. The third-order valence-electron chi connectivity index (χ3n) is 3.27. The van der Waals surface area contributed by atoms with Crippen molar-refractivity contribution in [3.05, 3.63) is 42.5 Å². The molecule has 0 amide bonds. The van der Waals surface area contributed by atoms with Crippen molar-refractivity contribution in [2.24, 2.45) is 0 Å². The number of alkyl halides is 1. The number of ether oxygens (including phenoxy) is 3. The molecule has 3 rings (SSSR count). The number of halogens is 1. The summed E-state index contributed by atoms with van der Waals surface area (Å²) in [6.45, 7) is 1.83. The SMILES string of the molecule is ClCC(COc1cccc2ccccc12)OCC1CO1. The quantitative estimate of drug-likeness (QED) is 0.580. The number of rotatable bonds is 7. The van der Waals surface area contributed by atoms with Crippen molar-refractivity contribution < 1.29 is 14.2 Å². The van der Waals surface area contributed by atoms with Gasteiger partial charge in [-0.2, -0.15) is 0 Å². The van der Waals surface area contributed by atoms with Gasteiger partial charge in [0.15, 0.2) is 0 Å². The zero-order valence-corrected chi connectivity index (χ0v) is 11.9. The van der Waals surface area contributed by atoms with E-state index in [0.29, 0.717) is 19.1 Å². The van der Waals surface area contributed by atoms with Crippen LogP contribution in [0.5, 0.6) is 5.75 Å². The largest absolute Gasteiger partial charge is 0.490 e. The van der Waals surface area contributed by atoms with Crippen LogP contribution in [0, 0.1) is 0 Å². The first-order valence-corrected chi connectivity index (χ1v) is 7.30. The number of fused-ring (bicyclic) bond motifs is 1. The van der Waals surface area contributed by atoms with E-state index in [1.54, 1.807) is 0 Å². The molecule has 1 fully saturated rings. The molecule has 0 radical (unpaired) electrons. The molecule has 0 aliphatic carbocycles. The van der Waals surface area contributed by atoms with Gasteiger partial charge in [-0.3, -0.25) is 0 Å². The Morgan fingerprint density at radius 1 is 1.20 bits per heavy atom. The second-order valence-electron chi connectivity index (χ2n) is 4.85. The number of epoxide rings is 1. The minimum Gasteiger partial charge on any atom is -0.490 e. The summed E-state index contributed by atoms with van der Waals surface area (Å²) in [6, 6.07) is 14.2. The summed E-state index contributed by atoms with van der Waals surface area (Å²) in [5.74, 6) is 1.28. The third kappa shape index (κ3) is 3.42. The highest BCUT2D eigenvalue weighted by molar-refractivity contribution is 6.18. The topological polar surface area (TPSA) is 31.0 Å². The molecule has 1 saturated heterocycles. The van der Waals surface area contributed by atoms with Crippen LogP contribution in [0.2, 0.25) is 0 Å². The van der Waals surface area contributed by atoms with Gasteiger partial charge in [0.25, 0.3) is 0 Å². The average Bonchev–Trinajstić information content (AvgIpc) is 3.32. The minimum absolute atomic E-state index is 0.111. The van der Waals surface area contributed by atoms with Gasteiger partial charge in [0.1, 0.15) is 24.6 Å². The molecular formula is C16H17ClO3. The predicted octanol–water partition coefficient (Wildman–Crippen LogP) is 3.24. The first kappa shape index (κ1) is 13.7. The van der Waals surface area contributed by atoms with Gasteiger partial charge in [-0.25, -0.2) is 0 Å². The lowest BCUT2D eigenvalue weighted by molar-refractivity contribution is 0.0265. The average molecular weight is 293 g/mol. The lowest BCUT2D eigenvalue weighted by atomic mass is 10.1. The molecule has 2 unspecified atom stereocenters. The van der Waals surface area contributed by atoms with E-state index >= 15 is 0 Å². The lowest BCUT2D eigenvalue weighted by Gasteiger charge is -2.16. The second kappa shape index (κ2) is 6.44. The normalized spacial score (nSPS) is 18.9. The Morgan fingerprint density at radius 3 is 2.80 bits per heavy atom. The van der Waals surface area contributed by atoms with Crippen molar-refractivity contribution in [3.8, 4) is 5.75 Å². The Bertz CT molecular complexity index is 563. The molecular weight excluding hydrogens is 276 g/mol. The first-order chi connectivity index (χ1) is 9.86. The van der Waals surface area contributed by atoms with Gasteiger partial charge in [-0.1, -0.05) is 36.4 Å². The van der Waals surface area contributed by atoms with E-state index in [9.17, 15) is 0 Å². The van der Waals surface area contributed by atoms with Crippen LogP contribution in [0.25, 0.3) is 10.8 Å². The van der Waals surface area contributed by atoms with Gasteiger partial charge in [0.05, 0.1) is 19.1 Å². The number of hydrogen-bond acceptors (Lipinski definition) is 3. The Kier molecular flexibility index (Phi) is 4.41. The summed E-state index contributed by atoms with van der Waals surface area (Å²) in [6.07, 6.45) is 0.137. The number of benzene rings is 2. The zero-order chi connectivity index (χ0) is 13.8. The van der Waals surface area contributed by atoms with E-state index in [1.807, 2.05) is 24.3 Å². The van der Waals surface area contributed by atoms with Crippen LogP contribution in [0.1, 0.15) is 0 Å². The molecule has 1 aliphatic rings. The Hall–Kier alpha value is -1.29. The fraction of sp³-hybridized carbons (Fsp3) is 0.375. The van der Waals surface area contributed by atoms with Crippen LogP contribution in [0.3, 0.4) is 0 Å². The molecule has 0 bridgehead atoms. The summed E-state index contributed by atoms with van der Waals surface area (Å²) < 4.78 is 16.7. The van der Waals surface area contributed by atoms with Crippen LogP contribution in [0.4, 0.5) is 0 Å². The van der Waals surface area contributed by atoms with Crippen LogP contribution in [0.15, 0.2) is 42.5 Å². The van der Waals surface area contributed by atoms with E-state index in [0.717, 1.165) is 17.7 Å². The molecule has 3 nitrogen and oxygen atoms in total. The van der Waals surface area contributed by atoms with Crippen LogP contribution in [-0.2, 0) is 9.47 Å². The summed E-state index contributed by atoms with van der Waals surface area (Å²) >= 11 is 5.91. The molecule has 0 N–H and O–H groups in total. The summed E-state index contributed by atoms with van der Waals surface area (Å²) in [4.78, 5) is 0. The minimum atomic E-state index is -0.111. The van der Waals surface area contributed by atoms with Gasteiger partial charge < -0.3 is 14.2 Å². The Balaban J connectivity index is 1.62. The van der Waals surface area contributed by atoms with Crippen molar-refractivity contribution in [1.82, 2.24) is 0 Å². The van der Waals surface area contributed by atoms with E-state index in [1.165, 1.54) is 5.39 Å². The maximum Gasteiger partial charge on any atom is 0.127 e. The smallest absolute Gasteiger partial charge is 0.127 e. The van der Waals surface area contributed by atoms with Gasteiger partial charge in [0.2, 0.25) is 0 Å². The van der Waals surface area contributed by atoms with E-state index in [4.69, 9.17) is 25.8 Å². The highest BCUT2D eigenvalue weighted by Crippen LogP contribution is 2.25. The second-order valence-corrected chi connectivity index (χ2v) is 5.16. The fourth-order valence-corrected chi connectivity index (χ4v) is 2.23. The molecule has 0 saturated carbocycles. The number of hydrogen-bond donors (Lipinski definition) is 0. The molecule has 2 atom stereocenters. The lowest BCUT2D eigenvalue weighted by Crippen LogP contribution is -2.25. The van der Waals surface area contributed by atoms with Crippen molar-refractivity contribution in [3.63, 3.8) is 0 Å². The zero-order valence-electron chi connectivity index (χ0n) is 11.1. The van der Waals surface area contributed by atoms with E-state index < -0.39 is 0 Å². The maximum atomic E-state index is 5.91. The van der Waals surface area contributed by atoms with E-state index in [2.05, 4.69) is 18.2 Å². The van der Waals surface area contributed by atoms with Crippen LogP contribution in [-0.4, -0.2) is 37.9 Å². The molecule has 1 heterocycles. The molecule has 20 heavy (non-hydrogen) atoms.